The Morgan fingerprint density at radius 3 is 2.52 bits per heavy atom. The predicted octanol–water partition coefficient (Wildman–Crippen LogP) is 4.19. The molecule has 0 bridgehead atoms. The Labute approximate surface area is 122 Å². The third-order valence-electron chi connectivity index (χ3n) is 3.17. The summed E-state index contributed by atoms with van der Waals surface area (Å²) in [4.78, 5) is 16.3. The van der Waals surface area contributed by atoms with Crippen molar-refractivity contribution < 1.29 is 4.79 Å². The van der Waals surface area contributed by atoms with E-state index in [0.29, 0.717) is 5.82 Å². The average Bonchev–Trinajstić information content (AvgIpc) is 2.47. The molecule has 0 aliphatic heterocycles. The molecule has 2 N–H and O–H groups in total. The first-order chi connectivity index (χ1) is 10.2. The van der Waals surface area contributed by atoms with Gasteiger partial charge in [-0.2, -0.15) is 0 Å². The Hall–Kier alpha value is -2.88. The topological polar surface area (TPSA) is 54.0 Å². The molecule has 3 aromatic rings. The lowest BCUT2D eigenvalue weighted by atomic mass is 10.1. The lowest BCUT2D eigenvalue weighted by Crippen LogP contribution is -2.20. The number of aromatic nitrogens is 1. The lowest BCUT2D eigenvalue weighted by molar-refractivity contribution is 0.262. The van der Waals surface area contributed by atoms with E-state index in [-0.39, 0.29) is 6.03 Å². The van der Waals surface area contributed by atoms with Gasteiger partial charge in [0.25, 0.3) is 0 Å². The zero-order chi connectivity index (χ0) is 14.7. The molecular formula is C17H15N3O. The first kappa shape index (κ1) is 13.1. The Bertz CT molecular complexity index is 793. The van der Waals surface area contributed by atoms with E-state index in [9.17, 15) is 4.79 Å². The monoisotopic (exact) mass is 277 g/mol. The summed E-state index contributed by atoms with van der Waals surface area (Å²) in [5.41, 5.74) is 1.64. The predicted molar refractivity (Wildman–Crippen MR) is 85.6 cm³/mol. The molecule has 3 rings (SSSR count). The van der Waals surface area contributed by atoms with Crippen molar-refractivity contribution in [2.75, 3.05) is 10.6 Å². The number of amides is 2. The summed E-state index contributed by atoms with van der Waals surface area (Å²) >= 11 is 0. The Kier molecular flexibility index (Phi) is 3.51. The van der Waals surface area contributed by atoms with Gasteiger partial charge in [0.1, 0.15) is 5.82 Å². The number of aryl methyl sites for hydroxylation is 1. The molecule has 0 spiro atoms. The van der Waals surface area contributed by atoms with Gasteiger partial charge in [-0.05, 0) is 30.5 Å². The highest BCUT2D eigenvalue weighted by molar-refractivity contribution is 6.05. The highest BCUT2D eigenvalue weighted by Crippen LogP contribution is 2.23. The van der Waals surface area contributed by atoms with Crippen LogP contribution in [0.15, 0.2) is 60.7 Å². The highest BCUT2D eigenvalue weighted by Gasteiger charge is 2.06. The molecule has 4 heteroatoms. The van der Waals surface area contributed by atoms with Crippen LogP contribution in [-0.2, 0) is 0 Å². The van der Waals surface area contributed by atoms with Crippen LogP contribution in [0.5, 0.6) is 0 Å². The number of carbonyl (C=O) groups is 1. The standard InChI is InChI=1S/C17H15N3O/c1-12-6-4-11-16(18-12)20-17(21)19-15-10-5-8-13-7-2-3-9-14(13)15/h2-11H,1H3,(H2,18,19,20,21). The van der Waals surface area contributed by atoms with E-state index in [2.05, 4.69) is 15.6 Å². The second kappa shape index (κ2) is 5.63. The van der Waals surface area contributed by atoms with Gasteiger partial charge in [-0.1, -0.05) is 42.5 Å². The minimum Gasteiger partial charge on any atom is -0.307 e. The Morgan fingerprint density at radius 1 is 0.905 bits per heavy atom. The van der Waals surface area contributed by atoms with E-state index in [1.807, 2.05) is 61.5 Å². The van der Waals surface area contributed by atoms with Crippen molar-refractivity contribution in [3.05, 3.63) is 66.4 Å². The number of anilines is 2. The largest absolute Gasteiger partial charge is 0.324 e. The van der Waals surface area contributed by atoms with Crippen molar-refractivity contribution in [3.63, 3.8) is 0 Å². The van der Waals surface area contributed by atoms with Crippen LogP contribution in [0.2, 0.25) is 0 Å². The molecule has 0 aliphatic rings. The fraction of sp³-hybridized carbons (Fsp3) is 0.0588. The summed E-state index contributed by atoms with van der Waals surface area (Å²) in [7, 11) is 0. The number of rotatable bonds is 2. The third kappa shape index (κ3) is 3.00. The van der Waals surface area contributed by atoms with Crippen LogP contribution >= 0.6 is 0 Å². The van der Waals surface area contributed by atoms with Crippen LogP contribution < -0.4 is 10.6 Å². The minimum absolute atomic E-state index is 0.301. The van der Waals surface area contributed by atoms with Gasteiger partial charge < -0.3 is 5.32 Å². The van der Waals surface area contributed by atoms with Gasteiger partial charge in [-0.25, -0.2) is 9.78 Å². The van der Waals surface area contributed by atoms with Crippen molar-refractivity contribution in [3.8, 4) is 0 Å². The van der Waals surface area contributed by atoms with Gasteiger partial charge in [0.15, 0.2) is 0 Å². The number of benzene rings is 2. The second-order valence-electron chi connectivity index (χ2n) is 4.77. The molecule has 0 atom stereocenters. The van der Waals surface area contributed by atoms with Crippen LogP contribution in [-0.4, -0.2) is 11.0 Å². The minimum atomic E-state index is -0.301. The fourth-order valence-electron chi connectivity index (χ4n) is 2.22. The summed E-state index contributed by atoms with van der Waals surface area (Å²) in [5, 5.41) is 7.69. The maximum Gasteiger partial charge on any atom is 0.324 e. The summed E-state index contributed by atoms with van der Waals surface area (Å²) < 4.78 is 0. The number of fused-ring (bicyclic) bond motifs is 1. The molecule has 104 valence electrons. The van der Waals surface area contributed by atoms with Crippen molar-refractivity contribution >= 4 is 28.3 Å². The van der Waals surface area contributed by atoms with Crippen molar-refractivity contribution in [1.82, 2.24) is 4.98 Å². The first-order valence-corrected chi connectivity index (χ1v) is 6.72. The summed E-state index contributed by atoms with van der Waals surface area (Å²) in [6.45, 7) is 1.88. The molecule has 21 heavy (non-hydrogen) atoms. The van der Waals surface area contributed by atoms with Gasteiger partial charge in [0.2, 0.25) is 0 Å². The fourth-order valence-corrected chi connectivity index (χ4v) is 2.22. The zero-order valence-electron chi connectivity index (χ0n) is 11.6. The smallest absolute Gasteiger partial charge is 0.307 e. The number of hydrogen-bond acceptors (Lipinski definition) is 2. The molecule has 0 fully saturated rings. The quantitative estimate of drug-likeness (QED) is 0.738. The van der Waals surface area contributed by atoms with Gasteiger partial charge in [-0.15, -0.1) is 0 Å². The Morgan fingerprint density at radius 2 is 1.67 bits per heavy atom. The van der Waals surface area contributed by atoms with Crippen molar-refractivity contribution in [2.45, 2.75) is 6.92 Å². The van der Waals surface area contributed by atoms with Crippen LogP contribution in [0.3, 0.4) is 0 Å². The third-order valence-corrected chi connectivity index (χ3v) is 3.17. The molecule has 1 aromatic heterocycles. The maximum atomic E-state index is 12.1. The molecule has 0 radical (unpaired) electrons. The van der Waals surface area contributed by atoms with Crippen molar-refractivity contribution in [1.29, 1.82) is 0 Å². The average molecular weight is 277 g/mol. The van der Waals surface area contributed by atoms with Gasteiger partial charge in [0.05, 0.1) is 5.69 Å². The summed E-state index contributed by atoms with van der Waals surface area (Å²) in [6.07, 6.45) is 0. The number of hydrogen-bond donors (Lipinski definition) is 2. The normalized spacial score (nSPS) is 10.3. The number of pyridine rings is 1. The second-order valence-corrected chi connectivity index (χ2v) is 4.77. The van der Waals surface area contributed by atoms with Gasteiger partial charge in [0, 0.05) is 11.1 Å². The highest BCUT2D eigenvalue weighted by atomic mass is 16.2. The molecule has 1 heterocycles. The number of carbonyl (C=O) groups excluding carboxylic acids is 1. The van der Waals surface area contributed by atoms with E-state index >= 15 is 0 Å². The molecule has 0 unspecified atom stereocenters. The van der Waals surface area contributed by atoms with Crippen LogP contribution in [0.4, 0.5) is 16.3 Å². The van der Waals surface area contributed by atoms with E-state index < -0.39 is 0 Å². The molecular weight excluding hydrogens is 262 g/mol. The molecule has 0 aliphatic carbocycles. The van der Waals surface area contributed by atoms with E-state index in [1.54, 1.807) is 6.07 Å². The van der Waals surface area contributed by atoms with E-state index in [0.717, 1.165) is 22.2 Å². The first-order valence-electron chi connectivity index (χ1n) is 6.72. The number of nitrogens with one attached hydrogen (secondary N) is 2. The molecule has 0 saturated heterocycles. The van der Waals surface area contributed by atoms with Crippen LogP contribution in [0.1, 0.15) is 5.69 Å². The number of nitrogens with zero attached hydrogens (tertiary/aromatic N) is 1. The molecule has 2 amide bonds. The zero-order valence-corrected chi connectivity index (χ0v) is 11.6. The van der Waals surface area contributed by atoms with Crippen molar-refractivity contribution in [2.24, 2.45) is 0 Å². The lowest BCUT2D eigenvalue weighted by Gasteiger charge is -2.10. The molecule has 4 nitrogen and oxygen atoms in total. The molecule has 0 saturated carbocycles. The van der Waals surface area contributed by atoms with E-state index in [4.69, 9.17) is 0 Å². The van der Waals surface area contributed by atoms with Gasteiger partial charge in [-0.3, -0.25) is 5.32 Å². The maximum absolute atomic E-state index is 12.1. The number of urea groups is 1. The van der Waals surface area contributed by atoms with E-state index in [1.165, 1.54) is 0 Å². The Balaban J connectivity index is 1.80. The molecule has 2 aromatic carbocycles. The summed E-state index contributed by atoms with van der Waals surface area (Å²) in [5.74, 6) is 0.535. The van der Waals surface area contributed by atoms with Gasteiger partial charge >= 0.3 is 6.03 Å². The summed E-state index contributed by atoms with van der Waals surface area (Å²) in [6, 6.07) is 18.9. The van der Waals surface area contributed by atoms with Crippen LogP contribution in [0.25, 0.3) is 10.8 Å². The van der Waals surface area contributed by atoms with Crippen LogP contribution in [0, 0.1) is 6.92 Å². The SMILES string of the molecule is Cc1cccc(NC(=O)Nc2cccc3ccccc23)n1.